The molecular weight excluding hydrogens is 254 g/mol. The number of nitrogens with zero attached hydrogens (tertiary/aromatic N) is 5. The van der Waals surface area contributed by atoms with E-state index >= 15 is 0 Å². The summed E-state index contributed by atoms with van der Waals surface area (Å²) in [7, 11) is 0. The maximum atomic E-state index is 11.7. The largest absolute Gasteiger partial charge is 0.867 e. The monoisotopic (exact) mass is 262 g/mol. The lowest BCUT2D eigenvalue weighted by Gasteiger charge is -2.09. The molecule has 0 amide bonds. The van der Waals surface area contributed by atoms with E-state index in [1.165, 1.54) is 18.5 Å². The molecule has 1 heterocycles. The van der Waals surface area contributed by atoms with Crippen LogP contribution in [0.5, 0.6) is 5.75 Å². The number of benzene rings is 1. The molecule has 1 aromatic carbocycles. The van der Waals surface area contributed by atoms with Crippen molar-refractivity contribution in [2.75, 3.05) is 11.3 Å². The highest BCUT2D eigenvalue weighted by Crippen LogP contribution is 2.25. The Labute approximate surface area is 106 Å². The van der Waals surface area contributed by atoms with E-state index in [0.717, 1.165) is 17.0 Å². The summed E-state index contributed by atoms with van der Waals surface area (Å²) in [4.78, 5) is 9.84. The van der Waals surface area contributed by atoms with Crippen LogP contribution in [0.4, 0.5) is 11.6 Å². The standard InChI is InChI=1S/C9H9N7O3/c10-15-5-12-14-9(15)13-11-4-6-2-1-3-7(8(6)17)16(18)19/h1-5,17H,10H2,(H,13,14)/p-1/b11-4-. The minimum Gasteiger partial charge on any atom is -0.867 e. The lowest BCUT2D eigenvalue weighted by Crippen LogP contribution is -2.10. The zero-order valence-electron chi connectivity index (χ0n) is 9.42. The molecule has 0 spiro atoms. The summed E-state index contributed by atoms with van der Waals surface area (Å²) in [5.74, 6) is 4.86. The number of nitrogens with one attached hydrogen (secondary N) is 1. The summed E-state index contributed by atoms with van der Waals surface area (Å²) >= 11 is 0. The van der Waals surface area contributed by atoms with Crippen molar-refractivity contribution in [3.63, 3.8) is 0 Å². The molecule has 0 atom stereocenters. The molecule has 1 aromatic heterocycles. The maximum absolute atomic E-state index is 11.7. The third-order valence-electron chi connectivity index (χ3n) is 2.16. The van der Waals surface area contributed by atoms with Crippen molar-refractivity contribution < 1.29 is 10.0 Å². The highest BCUT2D eigenvalue weighted by Gasteiger charge is 2.07. The van der Waals surface area contributed by atoms with Crippen molar-refractivity contribution in [1.82, 2.24) is 14.9 Å². The molecule has 10 heteroatoms. The Balaban J connectivity index is 2.17. The Morgan fingerprint density at radius 2 is 2.32 bits per heavy atom. The molecule has 0 saturated heterocycles. The second kappa shape index (κ2) is 5.00. The van der Waals surface area contributed by atoms with Crippen LogP contribution in [0.25, 0.3) is 0 Å². The quantitative estimate of drug-likeness (QED) is 0.324. The molecule has 0 radical (unpaired) electrons. The number of aromatic nitrogens is 3. The molecule has 2 rings (SSSR count). The van der Waals surface area contributed by atoms with Crippen molar-refractivity contribution in [3.8, 4) is 5.75 Å². The van der Waals surface area contributed by atoms with Crippen LogP contribution in [-0.4, -0.2) is 26.0 Å². The van der Waals surface area contributed by atoms with Crippen LogP contribution in [0.3, 0.4) is 0 Å². The predicted octanol–water partition coefficient (Wildman–Crippen LogP) is -0.580. The molecule has 19 heavy (non-hydrogen) atoms. The van der Waals surface area contributed by atoms with E-state index in [-0.39, 0.29) is 11.5 Å². The third kappa shape index (κ3) is 2.57. The van der Waals surface area contributed by atoms with Gasteiger partial charge >= 0.3 is 0 Å². The van der Waals surface area contributed by atoms with Gasteiger partial charge in [-0.3, -0.25) is 10.1 Å². The molecule has 98 valence electrons. The average molecular weight is 262 g/mol. The topological polar surface area (TPSA) is 147 Å². The number of nitro groups is 1. The van der Waals surface area contributed by atoms with Crippen molar-refractivity contribution in [1.29, 1.82) is 0 Å². The smallest absolute Gasteiger partial charge is 0.263 e. The van der Waals surface area contributed by atoms with E-state index in [4.69, 9.17) is 5.84 Å². The number of nitrogens with two attached hydrogens (primary N) is 1. The SMILES string of the molecule is Nn1cnnc1N/N=C\c1cccc([N+](=O)[O-])c1[O-]. The highest BCUT2D eigenvalue weighted by molar-refractivity contribution is 5.85. The summed E-state index contributed by atoms with van der Waals surface area (Å²) in [5, 5.41) is 33.0. The van der Waals surface area contributed by atoms with Gasteiger partial charge in [0.1, 0.15) is 6.33 Å². The predicted molar refractivity (Wildman–Crippen MR) is 63.9 cm³/mol. The van der Waals surface area contributed by atoms with Gasteiger partial charge in [-0.15, -0.1) is 10.2 Å². The summed E-state index contributed by atoms with van der Waals surface area (Å²) in [6, 6.07) is 3.93. The molecule has 0 bridgehead atoms. The van der Waals surface area contributed by atoms with Crippen molar-refractivity contribution >= 4 is 17.9 Å². The van der Waals surface area contributed by atoms with Crippen LogP contribution >= 0.6 is 0 Å². The van der Waals surface area contributed by atoms with Gasteiger partial charge in [-0.2, -0.15) is 5.10 Å². The van der Waals surface area contributed by atoms with Crippen molar-refractivity contribution in [2.24, 2.45) is 5.10 Å². The number of hydrogen-bond acceptors (Lipinski definition) is 8. The maximum Gasteiger partial charge on any atom is 0.263 e. The number of para-hydroxylation sites is 1. The van der Waals surface area contributed by atoms with E-state index in [1.54, 1.807) is 0 Å². The molecule has 0 fully saturated rings. The Morgan fingerprint density at radius 3 is 2.95 bits per heavy atom. The number of rotatable bonds is 4. The zero-order valence-corrected chi connectivity index (χ0v) is 9.42. The fourth-order valence-electron chi connectivity index (χ4n) is 1.27. The van der Waals surface area contributed by atoms with Gasteiger partial charge in [0.2, 0.25) is 0 Å². The van der Waals surface area contributed by atoms with Gasteiger partial charge in [0.25, 0.3) is 11.6 Å². The Kier molecular flexibility index (Phi) is 3.23. The van der Waals surface area contributed by atoms with Crippen molar-refractivity contribution in [2.45, 2.75) is 0 Å². The highest BCUT2D eigenvalue weighted by atomic mass is 16.6. The van der Waals surface area contributed by atoms with Gasteiger partial charge < -0.3 is 10.9 Å². The van der Waals surface area contributed by atoms with Gasteiger partial charge in [0, 0.05) is 6.07 Å². The Hall–Kier alpha value is -3.17. The number of hydrogen-bond donors (Lipinski definition) is 2. The minimum atomic E-state index is -0.746. The minimum absolute atomic E-state index is 0.0739. The van der Waals surface area contributed by atoms with Crippen LogP contribution in [0.2, 0.25) is 0 Å². The molecule has 2 aromatic rings. The first-order valence-corrected chi connectivity index (χ1v) is 4.98. The van der Waals surface area contributed by atoms with Crippen LogP contribution < -0.4 is 16.4 Å². The second-order valence-corrected chi connectivity index (χ2v) is 3.38. The van der Waals surface area contributed by atoms with Gasteiger partial charge in [-0.1, -0.05) is 12.1 Å². The van der Waals surface area contributed by atoms with E-state index in [9.17, 15) is 15.2 Å². The van der Waals surface area contributed by atoms with Crippen molar-refractivity contribution in [3.05, 3.63) is 40.2 Å². The van der Waals surface area contributed by atoms with Crippen LogP contribution in [0.1, 0.15) is 5.56 Å². The van der Waals surface area contributed by atoms with E-state index in [2.05, 4.69) is 20.7 Å². The van der Waals surface area contributed by atoms with Gasteiger partial charge in [-0.25, -0.2) is 10.1 Å². The third-order valence-corrected chi connectivity index (χ3v) is 2.16. The fourth-order valence-corrected chi connectivity index (χ4v) is 1.27. The van der Waals surface area contributed by atoms with Crippen LogP contribution in [0, 0.1) is 10.1 Å². The lowest BCUT2D eigenvalue weighted by molar-refractivity contribution is -0.398. The molecule has 0 aliphatic carbocycles. The molecule has 3 N–H and O–H groups in total. The molecule has 10 nitrogen and oxygen atoms in total. The molecule has 0 aliphatic heterocycles. The molecule has 0 unspecified atom stereocenters. The number of hydrazone groups is 1. The first kappa shape index (κ1) is 12.3. The summed E-state index contributed by atoms with van der Waals surface area (Å²) < 4.78 is 1.09. The van der Waals surface area contributed by atoms with Crippen LogP contribution in [-0.2, 0) is 0 Å². The first-order chi connectivity index (χ1) is 9.09. The first-order valence-electron chi connectivity index (χ1n) is 4.98. The van der Waals surface area contributed by atoms with Crippen LogP contribution in [0.15, 0.2) is 29.6 Å². The summed E-state index contributed by atoms with van der Waals surface area (Å²) in [5.41, 5.74) is 2.01. The zero-order chi connectivity index (χ0) is 13.8. The normalized spacial score (nSPS) is 10.7. The Morgan fingerprint density at radius 1 is 1.53 bits per heavy atom. The van der Waals surface area contributed by atoms with E-state index in [1.807, 2.05) is 0 Å². The summed E-state index contributed by atoms with van der Waals surface area (Å²) in [6.45, 7) is 0. The molecular formula is C9H8N7O3-. The molecule has 0 saturated carbocycles. The average Bonchev–Trinajstić information content (AvgIpc) is 2.77. The molecule has 0 aliphatic rings. The van der Waals surface area contributed by atoms with Gasteiger partial charge in [-0.05, 0) is 11.3 Å². The summed E-state index contributed by atoms with van der Waals surface area (Å²) in [6.07, 6.45) is 2.40. The lowest BCUT2D eigenvalue weighted by atomic mass is 10.2. The number of nitro benzene ring substituents is 1. The number of anilines is 1. The van der Waals surface area contributed by atoms with E-state index < -0.39 is 16.4 Å². The van der Waals surface area contributed by atoms with Gasteiger partial charge in [0.05, 0.1) is 11.1 Å². The number of nitrogen functional groups attached to an aromatic ring is 1. The second-order valence-electron chi connectivity index (χ2n) is 3.38. The van der Waals surface area contributed by atoms with Gasteiger partial charge in [0.15, 0.2) is 0 Å². The fraction of sp³-hybridized carbons (Fsp3) is 0. The Bertz CT molecular complexity index is 636. The van der Waals surface area contributed by atoms with E-state index in [0.29, 0.717) is 0 Å².